The summed E-state index contributed by atoms with van der Waals surface area (Å²) in [6.07, 6.45) is 0.469. The van der Waals surface area contributed by atoms with Gasteiger partial charge in [-0.05, 0) is 42.0 Å². The second-order valence-electron chi connectivity index (χ2n) is 7.47. The van der Waals surface area contributed by atoms with E-state index in [0.717, 1.165) is 0 Å². The summed E-state index contributed by atoms with van der Waals surface area (Å²) < 4.78 is 49.2. The van der Waals surface area contributed by atoms with Crippen molar-refractivity contribution in [3.8, 4) is 11.5 Å². The summed E-state index contributed by atoms with van der Waals surface area (Å²) in [5.41, 5.74) is 0.658. The van der Waals surface area contributed by atoms with Crippen molar-refractivity contribution in [1.29, 1.82) is 0 Å². The zero-order chi connectivity index (χ0) is 23.1. The number of amides is 1. The van der Waals surface area contributed by atoms with Crippen LogP contribution in [0.1, 0.15) is 28.2 Å². The third kappa shape index (κ3) is 3.95. The molecule has 1 aromatic carbocycles. The lowest BCUT2D eigenvalue weighted by molar-refractivity contribution is -0.274. The first-order valence-corrected chi connectivity index (χ1v) is 10.0. The van der Waals surface area contributed by atoms with E-state index in [1.165, 1.54) is 24.3 Å². The highest BCUT2D eigenvalue weighted by molar-refractivity contribution is 5.94. The van der Waals surface area contributed by atoms with Gasteiger partial charge in [0.1, 0.15) is 34.1 Å². The third-order valence-electron chi connectivity index (χ3n) is 5.41. The molecule has 168 valence electrons. The lowest BCUT2D eigenvalue weighted by Gasteiger charge is -2.38. The Morgan fingerprint density at radius 3 is 2.70 bits per heavy atom. The Labute approximate surface area is 185 Å². The first-order valence-electron chi connectivity index (χ1n) is 10.0. The van der Waals surface area contributed by atoms with Crippen LogP contribution in [0.2, 0.25) is 0 Å². The number of alkyl halides is 3. The molecule has 4 heterocycles. The second kappa shape index (κ2) is 7.80. The molecule has 7 nitrogen and oxygen atoms in total. The van der Waals surface area contributed by atoms with E-state index in [4.69, 9.17) is 4.74 Å². The van der Waals surface area contributed by atoms with Crippen LogP contribution < -0.4 is 14.8 Å². The number of ether oxygens (including phenoxy) is 2. The van der Waals surface area contributed by atoms with E-state index < -0.39 is 17.8 Å². The molecule has 4 aromatic rings. The normalized spacial score (nSPS) is 17.8. The Hall–Kier alpha value is -4.08. The minimum atomic E-state index is -4.80. The molecule has 0 aliphatic carbocycles. The van der Waals surface area contributed by atoms with Gasteiger partial charge in [-0.2, -0.15) is 0 Å². The van der Waals surface area contributed by atoms with Gasteiger partial charge in [0.05, 0.1) is 6.61 Å². The van der Waals surface area contributed by atoms with Gasteiger partial charge in [0.2, 0.25) is 0 Å². The van der Waals surface area contributed by atoms with Gasteiger partial charge >= 0.3 is 6.36 Å². The number of benzene rings is 1. The molecular formula is C23H17F3N4O3. The van der Waals surface area contributed by atoms with Gasteiger partial charge in [0.15, 0.2) is 0 Å². The number of nitrogens with zero attached hydrogens (tertiary/aromatic N) is 3. The van der Waals surface area contributed by atoms with E-state index >= 15 is 0 Å². The fourth-order valence-electron chi connectivity index (χ4n) is 3.98. The number of aromatic nitrogens is 3. The maximum Gasteiger partial charge on any atom is 0.573 e. The number of halogens is 3. The maximum atomic E-state index is 13.3. The highest BCUT2D eigenvalue weighted by Crippen LogP contribution is 2.41. The Morgan fingerprint density at radius 1 is 1.12 bits per heavy atom. The molecule has 1 aliphatic rings. The molecule has 33 heavy (non-hydrogen) atoms. The molecule has 1 amide bonds. The van der Waals surface area contributed by atoms with Gasteiger partial charge in [-0.15, -0.1) is 13.2 Å². The van der Waals surface area contributed by atoms with Crippen LogP contribution in [-0.4, -0.2) is 33.2 Å². The van der Waals surface area contributed by atoms with Gasteiger partial charge in [-0.25, -0.2) is 4.98 Å². The lowest BCUT2D eigenvalue weighted by Crippen LogP contribution is -2.50. The summed E-state index contributed by atoms with van der Waals surface area (Å²) >= 11 is 0. The predicted octanol–water partition coefficient (Wildman–Crippen LogP) is 4.08. The molecule has 1 atom stereocenters. The minimum Gasteiger partial charge on any atom is -0.491 e. The predicted molar refractivity (Wildman–Crippen MR) is 111 cm³/mol. The summed E-state index contributed by atoms with van der Waals surface area (Å²) in [5.74, 6) is -0.330. The highest BCUT2D eigenvalue weighted by Gasteiger charge is 2.43. The van der Waals surface area contributed by atoms with Gasteiger partial charge in [0, 0.05) is 25.0 Å². The molecule has 0 saturated heterocycles. The van der Waals surface area contributed by atoms with E-state index in [9.17, 15) is 18.0 Å². The van der Waals surface area contributed by atoms with Crippen LogP contribution in [0, 0.1) is 0 Å². The van der Waals surface area contributed by atoms with E-state index in [-0.39, 0.29) is 18.1 Å². The first kappa shape index (κ1) is 20.8. The van der Waals surface area contributed by atoms with Crippen molar-refractivity contribution in [3.05, 3.63) is 90.1 Å². The number of fused-ring (bicyclic) bond motifs is 2. The fourth-order valence-corrected chi connectivity index (χ4v) is 3.98. The SMILES string of the molecule is O=C(NC1(c2ccc(OC(F)(F)F)cc2)CCOc2cccnc21)c1cn2ccccc2n1. The molecule has 10 heteroatoms. The van der Waals surface area contributed by atoms with Crippen molar-refractivity contribution < 1.29 is 27.4 Å². The van der Waals surface area contributed by atoms with Gasteiger partial charge in [-0.3, -0.25) is 9.78 Å². The number of nitrogens with one attached hydrogen (secondary N) is 1. The van der Waals surface area contributed by atoms with Crippen molar-refractivity contribution in [2.24, 2.45) is 0 Å². The molecule has 0 fully saturated rings. The highest BCUT2D eigenvalue weighted by atomic mass is 19.4. The maximum absolute atomic E-state index is 13.3. The lowest BCUT2D eigenvalue weighted by atomic mass is 9.81. The molecule has 0 saturated carbocycles. The summed E-state index contributed by atoms with van der Waals surface area (Å²) in [6.45, 7) is 0.269. The van der Waals surface area contributed by atoms with Crippen molar-refractivity contribution in [3.63, 3.8) is 0 Å². The summed E-state index contributed by atoms with van der Waals surface area (Å²) in [5, 5.41) is 3.03. The second-order valence-corrected chi connectivity index (χ2v) is 7.47. The van der Waals surface area contributed by atoms with Crippen LogP contribution >= 0.6 is 0 Å². The number of pyridine rings is 2. The monoisotopic (exact) mass is 454 g/mol. The average molecular weight is 454 g/mol. The van der Waals surface area contributed by atoms with Crippen LogP contribution in [0.15, 0.2) is 73.2 Å². The topological polar surface area (TPSA) is 77.8 Å². The molecule has 0 bridgehead atoms. The smallest absolute Gasteiger partial charge is 0.491 e. The standard InChI is InChI=1S/C23H17F3N4O3/c24-23(25,26)33-16-8-6-15(7-9-16)22(10-13-32-18-4-3-11-27-20(18)22)29-21(31)17-14-30-12-2-1-5-19(30)28-17/h1-9,11-12,14H,10,13H2,(H,29,31). The Kier molecular flexibility index (Phi) is 4.92. The van der Waals surface area contributed by atoms with Gasteiger partial charge < -0.3 is 19.2 Å². The summed E-state index contributed by atoms with van der Waals surface area (Å²) in [7, 11) is 0. The third-order valence-corrected chi connectivity index (χ3v) is 5.41. The van der Waals surface area contributed by atoms with Crippen LogP contribution in [-0.2, 0) is 5.54 Å². The molecule has 0 spiro atoms. The quantitative estimate of drug-likeness (QED) is 0.503. The number of hydrogen-bond acceptors (Lipinski definition) is 5. The Morgan fingerprint density at radius 2 is 1.94 bits per heavy atom. The minimum absolute atomic E-state index is 0.196. The number of rotatable bonds is 4. The van der Waals surface area contributed by atoms with E-state index in [2.05, 4.69) is 20.0 Å². The number of hydrogen-bond donors (Lipinski definition) is 1. The number of imidazole rings is 1. The molecule has 1 aliphatic heterocycles. The van der Waals surface area contributed by atoms with Crippen LogP contribution in [0.4, 0.5) is 13.2 Å². The van der Waals surface area contributed by atoms with Crippen LogP contribution in [0.3, 0.4) is 0 Å². The average Bonchev–Trinajstić information content (AvgIpc) is 3.23. The van der Waals surface area contributed by atoms with Crippen molar-refractivity contribution in [1.82, 2.24) is 19.7 Å². The van der Waals surface area contributed by atoms with Crippen molar-refractivity contribution in [2.75, 3.05) is 6.61 Å². The van der Waals surface area contributed by atoms with E-state index in [0.29, 0.717) is 29.1 Å². The molecule has 1 N–H and O–H groups in total. The van der Waals surface area contributed by atoms with E-state index in [1.54, 1.807) is 41.2 Å². The number of carbonyl (C=O) groups excluding carboxylic acids is 1. The van der Waals surface area contributed by atoms with Crippen molar-refractivity contribution >= 4 is 11.6 Å². The van der Waals surface area contributed by atoms with Gasteiger partial charge in [0.25, 0.3) is 5.91 Å². The molecule has 0 radical (unpaired) electrons. The molecule has 5 rings (SSSR count). The number of carbonyl (C=O) groups is 1. The Bertz CT molecular complexity index is 1290. The van der Waals surface area contributed by atoms with Crippen LogP contribution in [0.5, 0.6) is 11.5 Å². The van der Waals surface area contributed by atoms with Gasteiger partial charge in [-0.1, -0.05) is 18.2 Å². The Balaban J connectivity index is 1.56. The van der Waals surface area contributed by atoms with Crippen LogP contribution in [0.25, 0.3) is 5.65 Å². The van der Waals surface area contributed by atoms with E-state index in [1.807, 2.05) is 12.1 Å². The zero-order valence-electron chi connectivity index (χ0n) is 17.0. The zero-order valence-corrected chi connectivity index (χ0v) is 17.0. The molecule has 3 aromatic heterocycles. The molecular weight excluding hydrogens is 437 g/mol. The first-order chi connectivity index (χ1) is 15.8. The van der Waals surface area contributed by atoms with Crippen molar-refractivity contribution in [2.45, 2.75) is 18.3 Å². The fraction of sp³-hybridized carbons (Fsp3) is 0.174. The molecule has 1 unspecified atom stereocenters. The summed E-state index contributed by atoms with van der Waals surface area (Å²) in [4.78, 5) is 22.1. The summed E-state index contributed by atoms with van der Waals surface area (Å²) in [6, 6.07) is 14.2. The largest absolute Gasteiger partial charge is 0.573 e.